The summed E-state index contributed by atoms with van der Waals surface area (Å²) < 4.78 is 41.8. The van der Waals surface area contributed by atoms with Gasteiger partial charge < -0.3 is 48.7 Å². The zero-order chi connectivity index (χ0) is 38.5. The fraction of sp³-hybridized carbons (Fsp3) is 0.488. The molecule has 54 heavy (non-hydrogen) atoms. The molecule has 3 aromatic carbocycles. The van der Waals surface area contributed by atoms with Crippen molar-refractivity contribution >= 4 is 17.8 Å². The van der Waals surface area contributed by atoms with Crippen LogP contribution in [0.4, 0.5) is 0 Å². The maximum Gasteiger partial charge on any atom is 0.328 e. The van der Waals surface area contributed by atoms with Gasteiger partial charge in [-0.2, -0.15) is 0 Å². The molecular weight excluding hydrogens is 698 g/mol. The van der Waals surface area contributed by atoms with E-state index in [0.717, 1.165) is 16.7 Å². The fourth-order valence-corrected chi connectivity index (χ4v) is 7.17. The molecule has 0 aromatic heterocycles. The Bertz CT molecular complexity index is 1700. The number of aliphatic hydroxyl groups is 1. The molecule has 2 unspecified atom stereocenters. The summed E-state index contributed by atoms with van der Waals surface area (Å²) in [4.78, 5) is 40.4. The predicted molar refractivity (Wildman–Crippen MR) is 192 cm³/mol. The van der Waals surface area contributed by atoms with E-state index in [0.29, 0.717) is 0 Å². The van der Waals surface area contributed by atoms with Gasteiger partial charge in [0.1, 0.15) is 18.3 Å². The number of carboxylic acid groups (broad SMARTS) is 1. The fourth-order valence-electron chi connectivity index (χ4n) is 7.17. The number of carboxylic acids is 1. The number of rotatable bonds is 16. The Labute approximate surface area is 314 Å². The lowest BCUT2D eigenvalue weighted by molar-refractivity contribution is -0.285. The van der Waals surface area contributed by atoms with Crippen molar-refractivity contribution in [2.24, 2.45) is 11.8 Å². The van der Waals surface area contributed by atoms with Crippen LogP contribution in [0.5, 0.6) is 0 Å². The first-order valence-corrected chi connectivity index (χ1v) is 18.2. The summed E-state index contributed by atoms with van der Waals surface area (Å²) in [7, 11) is 0. The van der Waals surface area contributed by atoms with Crippen LogP contribution in [0.3, 0.4) is 0 Å². The average molecular weight is 748 g/mol. The van der Waals surface area contributed by atoms with E-state index in [1.807, 2.05) is 91.0 Å². The normalized spacial score (nSPS) is 26.1. The number of aliphatic carboxylic acids is 1. The molecule has 3 saturated heterocycles. The quantitative estimate of drug-likeness (QED) is 0.142. The van der Waals surface area contributed by atoms with Crippen LogP contribution in [0.1, 0.15) is 50.8 Å². The molecule has 1 amide bonds. The Morgan fingerprint density at radius 3 is 1.83 bits per heavy atom. The molecule has 13 heteroatoms. The number of ether oxygens (including phenoxy) is 7. The first-order valence-electron chi connectivity index (χ1n) is 18.2. The number of hydrogen-bond donors (Lipinski definition) is 3. The highest BCUT2D eigenvalue weighted by Gasteiger charge is 2.62. The Hall–Kier alpha value is -4.21. The molecule has 3 aromatic rings. The minimum atomic E-state index is -1.80. The lowest BCUT2D eigenvalue weighted by Gasteiger charge is -2.39. The van der Waals surface area contributed by atoms with E-state index < -0.39 is 84.3 Å². The second kappa shape index (κ2) is 17.1. The van der Waals surface area contributed by atoms with Gasteiger partial charge in [0.15, 0.2) is 30.0 Å². The smallest absolute Gasteiger partial charge is 0.328 e. The monoisotopic (exact) mass is 747 g/mol. The average Bonchev–Trinajstić information content (AvgIpc) is 3.64. The van der Waals surface area contributed by atoms with Crippen LogP contribution >= 0.6 is 0 Å². The first-order chi connectivity index (χ1) is 25.8. The number of fused-ring (bicyclic) bond motifs is 3. The summed E-state index contributed by atoms with van der Waals surface area (Å²) in [5, 5.41) is 24.2. The highest BCUT2D eigenvalue weighted by molar-refractivity contribution is 5.86. The molecule has 3 aliphatic rings. The van der Waals surface area contributed by atoms with Crippen molar-refractivity contribution in [1.82, 2.24) is 5.32 Å². The van der Waals surface area contributed by atoms with E-state index in [-0.39, 0.29) is 32.5 Å². The summed E-state index contributed by atoms with van der Waals surface area (Å²) >= 11 is 0. The van der Waals surface area contributed by atoms with Gasteiger partial charge in [0.25, 0.3) is 0 Å². The van der Waals surface area contributed by atoms with Crippen LogP contribution in [0, 0.1) is 11.8 Å². The molecule has 3 heterocycles. The number of carbonyl (C=O) groups is 3. The van der Waals surface area contributed by atoms with E-state index in [1.54, 1.807) is 27.7 Å². The first kappa shape index (κ1) is 39.5. The van der Waals surface area contributed by atoms with E-state index in [2.05, 4.69) is 5.32 Å². The van der Waals surface area contributed by atoms with Crippen molar-refractivity contribution in [2.45, 2.75) is 108 Å². The summed E-state index contributed by atoms with van der Waals surface area (Å²) in [6.45, 7) is 6.84. The van der Waals surface area contributed by atoms with Crippen LogP contribution in [-0.4, -0.2) is 89.3 Å². The third kappa shape index (κ3) is 10.1. The number of amides is 1. The minimum Gasteiger partial charge on any atom is -0.480 e. The number of hydrogen-bond acceptors (Lipinski definition) is 11. The Balaban J connectivity index is 1.20. The highest BCUT2D eigenvalue weighted by atomic mass is 16.9. The maximum atomic E-state index is 14.2. The number of benzene rings is 3. The van der Waals surface area contributed by atoms with Crippen molar-refractivity contribution in [1.29, 1.82) is 0 Å². The van der Waals surface area contributed by atoms with Crippen molar-refractivity contribution in [2.75, 3.05) is 6.61 Å². The highest BCUT2D eigenvalue weighted by Crippen LogP contribution is 2.45. The number of nitrogens with one attached hydrogen (secondary N) is 1. The molecular formula is C41H49NO12. The van der Waals surface area contributed by atoms with Gasteiger partial charge in [0.05, 0.1) is 19.1 Å². The van der Waals surface area contributed by atoms with E-state index in [9.17, 15) is 24.6 Å². The van der Waals surface area contributed by atoms with Gasteiger partial charge >= 0.3 is 11.9 Å². The van der Waals surface area contributed by atoms with Gasteiger partial charge in [-0.15, -0.1) is 0 Å². The zero-order valence-electron chi connectivity index (χ0n) is 30.9. The van der Waals surface area contributed by atoms with Crippen LogP contribution < -0.4 is 5.32 Å². The Kier molecular flexibility index (Phi) is 12.5. The summed E-state index contributed by atoms with van der Waals surface area (Å²) in [6.07, 6.45) is -5.74. The molecule has 6 rings (SSSR count). The molecule has 9 atom stereocenters. The van der Waals surface area contributed by atoms with Gasteiger partial charge in [0.2, 0.25) is 12.2 Å². The van der Waals surface area contributed by atoms with Gasteiger partial charge in [-0.05, 0) is 63.6 Å². The Morgan fingerprint density at radius 2 is 1.24 bits per heavy atom. The second-order valence-corrected chi connectivity index (χ2v) is 14.9. The van der Waals surface area contributed by atoms with Gasteiger partial charge in [-0.3, -0.25) is 9.59 Å². The third-order valence-electron chi connectivity index (χ3n) is 9.64. The van der Waals surface area contributed by atoms with Crippen molar-refractivity contribution in [3.8, 4) is 0 Å². The molecule has 0 saturated carbocycles. The molecule has 3 fully saturated rings. The van der Waals surface area contributed by atoms with Gasteiger partial charge in [0, 0.05) is 5.92 Å². The van der Waals surface area contributed by atoms with Crippen LogP contribution in [0.15, 0.2) is 91.0 Å². The van der Waals surface area contributed by atoms with Crippen LogP contribution in [0.25, 0.3) is 0 Å². The van der Waals surface area contributed by atoms with E-state index in [1.165, 1.54) is 0 Å². The molecule has 3 N–H and O–H groups in total. The Morgan fingerprint density at radius 1 is 0.722 bits per heavy atom. The lowest BCUT2D eigenvalue weighted by Crippen LogP contribution is -2.59. The van der Waals surface area contributed by atoms with Gasteiger partial charge in [-0.25, -0.2) is 4.79 Å². The van der Waals surface area contributed by atoms with Crippen LogP contribution in [-0.2, 0) is 67.0 Å². The summed E-state index contributed by atoms with van der Waals surface area (Å²) in [5.41, 5.74) is 2.47. The molecule has 290 valence electrons. The van der Waals surface area contributed by atoms with E-state index >= 15 is 0 Å². The van der Waals surface area contributed by atoms with Crippen molar-refractivity contribution < 1.29 is 57.8 Å². The molecule has 13 nitrogen and oxygen atoms in total. The molecule has 0 radical (unpaired) electrons. The lowest BCUT2D eigenvalue weighted by atomic mass is 9.85. The summed E-state index contributed by atoms with van der Waals surface area (Å²) in [5.74, 6) is -6.43. The standard InChI is InChI=1S/C41H49NO12/c1-40(2)51-31-32(52-40)34-39(54-41(3,4)53-34)49-33(31)38(47)50-37(46)29(21-26-16-10-6-11-17-26)22-28(20-25-14-8-5-9-15-25)35(43)42-30(36(44)45)24-48-23-27-18-12-7-13-19-27/h5-19,28-34,38-39,47H,20-24H2,1-4H3,(H,42,43)(H,44,45)/t28?,29?,30-,31+,32-,33-,34+,38-,39-/m0/s1. The van der Waals surface area contributed by atoms with E-state index in [4.69, 9.17) is 33.2 Å². The third-order valence-corrected chi connectivity index (χ3v) is 9.64. The van der Waals surface area contributed by atoms with Crippen molar-refractivity contribution in [3.63, 3.8) is 0 Å². The second-order valence-electron chi connectivity index (χ2n) is 14.9. The molecule has 3 aliphatic heterocycles. The SMILES string of the molecule is CC1(C)O[C@@H]2[C@H](O1)[C@H]1OC(C)(C)O[C@@H]1O[C@@H]2[C@@H](O)OC(=O)C(Cc1ccccc1)CC(Cc1ccccc1)C(=O)N[C@@H](COCc1ccccc1)C(=O)O. The topological polar surface area (TPSA) is 168 Å². The molecule has 0 spiro atoms. The number of esters is 1. The number of aliphatic hydroxyl groups excluding tert-OH is 1. The molecule has 0 bridgehead atoms. The zero-order valence-corrected chi connectivity index (χ0v) is 30.9. The summed E-state index contributed by atoms with van der Waals surface area (Å²) in [6, 6.07) is 26.4. The van der Waals surface area contributed by atoms with Crippen LogP contribution in [0.2, 0.25) is 0 Å². The number of carbonyl (C=O) groups excluding carboxylic acids is 2. The maximum absolute atomic E-state index is 14.2. The predicted octanol–water partition coefficient (Wildman–Crippen LogP) is 4.14. The molecule has 0 aliphatic carbocycles. The van der Waals surface area contributed by atoms with Crippen molar-refractivity contribution in [3.05, 3.63) is 108 Å². The van der Waals surface area contributed by atoms with Gasteiger partial charge in [-0.1, -0.05) is 91.0 Å². The minimum absolute atomic E-state index is 0.0293. The largest absolute Gasteiger partial charge is 0.480 e.